The van der Waals surface area contributed by atoms with Crippen LogP contribution < -0.4 is 4.74 Å². The summed E-state index contributed by atoms with van der Waals surface area (Å²) in [6, 6.07) is 7.93. The molecule has 1 aromatic carbocycles. The Bertz CT molecular complexity index is 615. The van der Waals surface area contributed by atoms with Gasteiger partial charge in [-0.3, -0.25) is 9.48 Å². The second-order valence-electron chi connectivity index (χ2n) is 5.13. The highest BCUT2D eigenvalue weighted by molar-refractivity contribution is 5.84. The van der Waals surface area contributed by atoms with Crippen LogP contribution in [0.1, 0.15) is 19.3 Å². The zero-order chi connectivity index (χ0) is 13.9. The summed E-state index contributed by atoms with van der Waals surface area (Å²) in [7, 11) is 1.89. The van der Waals surface area contributed by atoms with Gasteiger partial charge in [0.1, 0.15) is 0 Å². The average molecular weight is 273 g/mol. The highest BCUT2D eigenvalue weighted by Gasteiger charge is 2.18. The van der Waals surface area contributed by atoms with E-state index in [1.807, 2.05) is 36.2 Å². The molecular formula is C15H19N3O2. The number of hydrogen-bond acceptors (Lipinski definition) is 3. The van der Waals surface area contributed by atoms with Gasteiger partial charge in [-0.2, -0.15) is 0 Å². The minimum Gasteiger partial charge on any atom is -0.476 e. The largest absolute Gasteiger partial charge is 0.476 e. The number of fused-ring (bicyclic) bond motifs is 1. The second-order valence-corrected chi connectivity index (χ2v) is 5.13. The van der Waals surface area contributed by atoms with Crippen molar-refractivity contribution in [2.24, 2.45) is 7.05 Å². The summed E-state index contributed by atoms with van der Waals surface area (Å²) in [6.45, 7) is 2.17. The molecule has 0 N–H and O–H groups in total. The van der Waals surface area contributed by atoms with Crippen molar-refractivity contribution < 1.29 is 9.53 Å². The number of amides is 1. The fraction of sp³-hybridized carbons (Fsp3) is 0.467. The number of likely N-dealkylation sites (tertiary alicyclic amines) is 1. The smallest absolute Gasteiger partial charge is 0.240 e. The summed E-state index contributed by atoms with van der Waals surface area (Å²) in [6.07, 6.45) is 2.67. The van der Waals surface area contributed by atoms with E-state index in [-0.39, 0.29) is 5.91 Å². The monoisotopic (exact) mass is 273 g/mol. The maximum atomic E-state index is 11.9. The van der Waals surface area contributed by atoms with Gasteiger partial charge in [-0.15, -0.1) is 5.10 Å². The summed E-state index contributed by atoms with van der Waals surface area (Å²) in [5.74, 6) is 0.792. The minimum atomic E-state index is 0.183. The quantitative estimate of drug-likeness (QED) is 0.855. The zero-order valence-corrected chi connectivity index (χ0v) is 11.7. The van der Waals surface area contributed by atoms with Gasteiger partial charge in [-0.25, -0.2) is 0 Å². The highest BCUT2D eigenvalue weighted by atomic mass is 16.5. The molecule has 2 aromatic rings. The first-order valence-corrected chi connectivity index (χ1v) is 7.08. The number of carbonyl (C=O) groups excluding carboxylic acids is 1. The lowest BCUT2D eigenvalue weighted by atomic mass is 10.2. The fourth-order valence-electron chi connectivity index (χ4n) is 2.65. The number of nitrogens with zero attached hydrogens (tertiary/aromatic N) is 3. The predicted octanol–water partition coefficient (Wildman–Crippen LogP) is 1.96. The molecule has 5 heteroatoms. The van der Waals surface area contributed by atoms with E-state index in [9.17, 15) is 4.79 Å². The molecule has 0 radical (unpaired) electrons. The van der Waals surface area contributed by atoms with Crippen LogP contribution in [-0.2, 0) is 11.8 Å². The Kier molecular flexibility index (Phi) is 3.58. The van der Waals surface area contributed by atoms with Gasteiger partial charge in [-0.1, -0.05) is 12.1 Å². The number of para-hydroxylation sites is 1. The van der Waals surface area contributed by atoms with Gasteiger partial charge < -0.3 is 9.64 Å². The van der Waals surface area contributed by atoms with Crippen LogP contribution in [0.4, 0.5) is 0 Å². The van der Waals surface area contributed by atoms with Crippen LogP contribution in [0.15, 0.2) is 24.3 Å². The molecule has 1 amide bonds. The summed E-state index contributed by atoms with van der Waals surface area (Å²) >= 11 is 0. The van der Waals surface area contributed by atoms with Gasteiger partial charge in [-0.05, 0) is 25.0 Å². The molecule has 0 atom stereocenters. The molecule has 1 aromatic heterocycles. The molecule has 1 aliphatic heterocycles. The maximum absolute atomic E-state index is 11.9. The van der Waals surface area contributed by atoms with Crippen LogP contribution in [0.3, 0.4) is 0 Å². The van der Waals surface area contributed by atoms with E-state index in [0.29, 0.717) is 18.9 Å². The van der Waals surface area contributed by atoms with Gasteiger partial charge >= 0.3 is 0 Å². The third kappa shape index (κ3) is 2.48. The van der Waals surface area contributed by atoms with Crippen LogP contribution in [0.25, 0.3) is 10.9 Å². The van der Waals surface area contributed by atoms with Crippen LogP contribution in [0.2, 0.25) is 0 Å². The maximum Gasteiger partial charge on any atom is 0.240 e. The fourth-order valence-corrected chi connectivity index (χ4v) is 2.65. The standard InChI is InChI=1S/C15H19N3O2/c1-17-13-7-3-2-6-12(13)15(16-17)20-11-8-14(19)18-9-4-5-10-18/h2-3,6-7H,4-5,8-11H2,1H3. The van der Waals surface area contributed by atoms with E-state index in [0.717, 1.165) is 36.8 Å². The highest BCUT2D eigenvalue weighted by Crippen LogP contribution is 2.23. The lowest BCUT2D eigenvalue weighted by Crippen LogP contribution is -2.28. The molecule has 1 aliphatic rings. The van der Waals surface area contributed by atoms with Crippen LogP contribution in [0.5, 0.6) is 5.88 Å². The zero-order valence-electron chi connectivity index (χ0n) is 11.7. The molecule has 1 saturated heterocycles. The molecule has 0 bridgehead atoms. The summed E-state index contributed by atoms with van der Waals surface area (Å²) < 4.78 is 7.49. The van der Waals surface area contributed by atoms with Crippen LogP contribution in [0, 0.1) is 0 Å². The normalized spacial score (nSPS) is 14.9. The van der Waals surface area contributed by atoms with Crippen molar-refractivity contribution in [1.82, 2.24) is 14.7 Å². The first-order chi connectivity index (χ1) is 9.75. The first-order valence-electron chi connectivity index (χ1n) is 7.08. The number of rotatable bonds is 4. The number of hydrogen-bond donors (Lipinski definition) is 0. The van der Waals surface area contributed by atoms with Gasteiger partial charge in [0, 0.05) is 20.1 Å². The van der Waals surface area contributed by atoms with E-state index < -0.39 is 0 Å². The average Bonchev–Trinajstić information content (AvgIpc) is 3.09. The van der Waals surface area contributed by atoms with E-state index >= 15 is 0 Å². The predicted molar refractivity (Wildman–Crippen MR) is 76.6 cm³/mol. The molecule has 0 aliphatic carbocycles. The molecule has 3 rings (SSSR count). The Morgan fingerprint density at radius 1 is 1.30 bits per heavy atom. The van der Waals surface area contributed by atoms with E-state index in [1.54, 1.807) is 4.68 Å². The Labute approximate surface area is 118 Å². The Morgan fingerprint density at radius 2 is 2.05 bits per heavy atom. The van der Waals surface area contributed by atoms with Crippen LogP contribution >= 0.6 is 0 Å². The molecule has 1 fully saturated rings. The minimum absolute atomic E-state index is 0.183. The Morgan fingerprint density at radius 3 is 2.85 bits per heavy atom. The van der Waals surface area contributed by atoms with Gasteiger partial charge in [0.2, 0.25) is 11.8 Å². The van der Waals surface area contributed by atoms with E-state index in [2.05, 4.69) is 5.10 Å². The first kappa shape index (κ1) is 13.0. The molecule has 106 valence electrons. The molecule has 0 spiro atoms. The topological polar surface area (TPSA) is 47.4 Å². The number of aromatic nitrogens is 2. The molecular weight excluding hydrogens is 254 g/mol. The molecule has 5 nitrogen and oxygen atoms in total. The molecule has 0 unspecified atom stereocenters. The number of ether oxygens (including phenoxy) is 1. The Hall–Kier alpha value is -2.04. The van der Waals surface area contributed by atoms with Crippen molar-refractivity contribution in [3.63, 3.8) is 0 Å². The van der Waals surface area contributed by atoms with Gasteiger partial charge in [0.25, 0.3) is 0 Å². The number of aryl methyl sites for hydroxylation is 1. The SMILES string of the molecule is Cn1nc(OCCC(=O)N2CCCC2)c2ccccc21. The van der Waals surface area contributed by atoms with Crippen molar-refractivity contribution in [2.75, 3.05) is 19.7 Å². The third-order valence-electron chi connectivity index (χ3n) is 3.74. The molecule has 20 heavy (non-hydrogen) atoms. The summed E-state index contributed by atoms with van der Waals surface area (Å²) in [5, 5.41) is 5.34. The molecule has 0 saturated carbocycles. The second kappa shape index (κ2) is 5.53. The Balaban J connectivity index is 1.61. The number of benzene rings is 1. The number of carbonyl (C=O) groups is 1. The molecule has 2 heterocycles. The van der Waals surface area contributed by atoms with Crippen molar-refractivity contribution in [3.8, 4) is 5.88 Å². The van der Waals surface area contributed by atoms with Crippen molar-refractivity contribution in [1.29, 1.82) is 0 Å². The van der Waals surface area contributed by atoms with E-state index in [4.69, 9.17) is 4.74 Å². The van der Waals surface area contributed by atoms with Gasteiger partial charge in [0.05, 0.1) is 23.9 Å². The van der Waals surface area contributed by atoms with E-state index in [1.165, 1.54) is 0 Å². The van der Waals surface area contributed by atoms with Gasteiger partial charge in [0.15, 0.2) is 0 Å². The lowest BCUT2D eigenvalue weighted by Gasteiger charge is -2.14. The summed E-state index contributed by atoms with van der Waals surface area (Å²) in [5.41, 5.74) is 1.04. The third-order valence-corrected chi connectivity index (χ3v) is 3.74. The van der Waals surface area contributed by atoms with Crippen molar-refractivity contribution >= 4 is 16.8 Å². The van der Waals surface area contributed by atoms with Crippen molar-refractivity contribution in [3.05, 3.63) is 24.3 Å². The van der Waals surface area contributed by atoms with Crippen LogP contribution in [-0.4, -0.2) is 40.3 Å². The van der Waals surface area contributed by atoms with Crippen molar-refractivity contribution in [2.45, 2.75) is 19.3 Å². The lowest BCUT2D eigenvalue weighted by molar-refractivity contribution is -0.130. The summed E-state index contributed by atoms with van der Waals surface area (Å²) in [4.78, 5) is 13.8.